The van der Waals surface area contributed by atoms with Crippen molar-refractivity contribution >= 4 is 11.9 Å². The first-order valence-corrected chi connectivity index (χ1v) is 11.6. The fourth-order valence-electron chi connectivity index (χ4n) is 4.02. The van der Waals surface area contributed by atoms with E-state index in [-0.39, 0.29) is 24.0 Å². The SMILES string of the molecule is C=C(C)C(=O)Oc1cccc(C(C)(C)c2cccc(OC(=O)C(=C)C)c2CC(C)O)c1CC(C)O. The number of rotatable bonds is 10. The summed E-state index contributed by atoms with van der Waals surface area (Å²) in [6.07, 6.45) is -0.855. The molecule has 188 valence electrons. The molecule has 2 aromatic carbocycles. The lowest BCUT2D eigenvalue weighted by atomic mass is 9.72. The first-order valence-electron chi connectivity index (χ1n) is 11.6. The molecule has 0 bridgehead atoms. The molecular formula is C29H36O6. The maximum atomic E-state index is 12.3. The van der Waals surface area contributed by atoms with E-state index >= 15 is 0 Å². The molecule has 2 aromatic rings. The molecule has 0 fully saturated rings. The van der Waals surface area contributed by atoms with Crippen LogP contribution in [0, 0.1) is 0 Å². The van der Waals surface area contributed by atoms with Crippen molar-refractivity contribution in [3.8, 4) is 11.5 Å². The molecule has 0 saturated heterocycles. The number of carbonyl (C=O) groups excluding carboxylic acids is 2. The standard InChI is InChI=1S/C29H36O6/c1-17(2)27(32)34-25-13-9-11-23(21(25)15-19(5)30)29(7,8)24-12-10-14-26(22(24)16-20(6)31)35-28(33)18(3)4/h9-14,19-20,30-31H,1,3,15-16H2,2,4-8H3. The fourth-order valence-corrected chi connectivity index (χ4v) is 4.02. The summed E-state index contributed by atoms with van der Waals surface area (Å²) in [5.41, 5.74) is 2.91. The van der Waals surface area contributed by atoms with Gasteiger partial charge in [-0.05, 0) is 51.0 Å². The van der Waals surface area contributed by atoms with Crippen molar-refractivity contribution in [1.82, 2.24) is 0 Å². The topological polar surface area (TPSA) is 93.1 Å². The number of aliphatic hydroxyl groups excluding tert-OH is 2. The zero-order valence-corrected chi connectivity index (χ0v) is 21.5. The summed E-state index contributed by atoms with van der Waals surface area (Å²) in [4.78, 5) is 24.6. The minimum absolute atomic E-state index is 0.258. The van der Waals surface area contributed by atoms with Crippen LogP contribution in [0.5, 0.6) is 11.5 Å². The highest BCUT2D eigenvalue weighted by atomic mass is 16.5. The fraction of sp³-hybridized carbons (Fsp3) is 0.379. The van der Waals surface area contributed by atoms with E-state index in [9.17, 15) is 19.8 Å². The average molecular weight is 481 g/mol. The smallest absolute Gasteiger partial charge is 0.338 e. The van der Waals surface area contributed by atoms with Crippen molar-refractivity contribution in [1.29, 1.82) is 0 Å². The Bertz CT molecular complexity index is 1040. The lowest BCUT2D eigenvalue weighted by Crippen LogP contribution is -2.26. The Morgan fingerprint density at radius 3 is 1.43 bits per heavy atom. The van der Waals surface area contributed by atoms with Gasteiger partial charge in [-0.2, -0.15) is 0 Å². The lowest BCUT2D eigenvalue weighted by molar-refractivity contribution is -0.131. The maximum absolute atomic E-state index is 12.3. The summed E-state index contributed by atoms with van der Waals surface area (Å²) in [7, 11) is 0. The van der Waals surface area contributed by atoms with Crippen molar-refractivity contribution in [3.05, 3.63) is 83.0 Å². The molecule has 0 aliphatic carbocycles. The summed E-state index contributed by atoms with van der Waals surface area (Å²) >= 11 is 0. The van der Waals surface area contributed by atoms with Crippen LogP contribution in [0.2, 0.25) is 0 Å². The number of benzene rings is 2. The normalized spacial score (nSPS) is 13.0. The van der Waals surface area contributed by atoms with Crippen molar-refractivity contribution in [2.75, 3.05) is 0 Å². The van der Waals surface area contributed by atoms with E-state index in [2.05, 4.69) is 13.2 Å². The van der Waals surface area contributed by atoms with Crippen LogP contribution in [0.4, 0.5) is 0 Å². The molecule has 0 heterocycles. The predicted octanol–water partition coefficient (Wildman–Crippen LogP) is 4.82. The molecule has 0 aliphatic heterocycles. The first kappa shape index (κ1) is 28.0. The molecule has 0 amide bonds. The molecule has 0 aromatic heterocycles. The Morgan fingerprint density at radius 2 is 1.14 bits per heavy atom. The van der Waals surface area contributed by atoms with Gasteiger partial charge in [-0.1, -0.05) is 51.3 Å². The average Bonchev–Trinajstić information content (AvgIpc) is 2.74. The molecular weight excluding hydrogens is 444 g/mol. The van der Waals surface area contributed by atoms with Crippen molar-refractivity contribution < 1.29 is 29.3 Å². The van der Waals surface area contributed by atoms with E-state index < -0.39 is 29.6 Å². The van der Waals surface area contributed by atoms with Crippen molar-refractivity contribution in [3.63, 3.8) is 0 Å². The zero-order valence-electron chi connectivity index (χ0n) is 21.5. The molecule has 0 radical (unpaired) electrons. The second-order valence-electron chi connectivity index (χ2n) is 9.64. The number of esters is 2. The van der Waals surface area contributed by atoms with Crippen LogP contribution in [0.3, 0.4) is 0 Å². The second kappa shape index (κ2) is 11.5. The van der Waals surface area contributed by atoms with E-state index in [1.54, 1.807) is 52.0 Å². The van der Waals surface area contributed by atoms with Crippen LogP contribution < -0.4 is 9.47 Å². The number of hydrogen-bond donors (Lipinski definition) is 2. The molecule has 2 rings (SSSR count). The van der Waals surface area contributed by atoms with Gasteiger partial charge in [0.25, 0.3) is 0 Å². The summed E-state index contributed by atoms with van der Waals surface area (Å²) in [5.74, 6) is -0.386. The van der Waals surface area contributed by atoms with Gasteiger partial charge in [0.15, 0.2) is 0 Å². The van der Waals surface area contributed by atoms with Crippen LogP contribution in [0.15, 0.2) is 60.7 Å². The lowest BCUT2D eigenvalue weighted by Gasteiger charge is -2.32. The molecule has 6 heteroatoms. The monoisotopic (exact) mass is 480 g/mol. The maximum Gasteiger partial charge on any atom is 0.338 e. The van der Waals surface area contributed by atoms with E-state index in [0.29, 0.717) is 22.6 Å². The van der Waals surface area contributed by atoms with Gasteiger partial charge in [0.1, 0.15) is 11.5 Å². The number of carbonyl (C=O) groups is 2. The quantitative estimate of drug-likeness (QED) is 0.288. The Balaban J connectivity index is 2.74. The molecule has 0 saturated carbocycles. The Kier molecular flexibility index (Phi) is 9.18. The summed E-state index contributed by atoms with van der Waals surface area (Å²) in [6.45, 7) is 17.8. The molecule has 2 N–H and O–H groups in total. The Morgan fingerprint density at radius 1 is 0.800 bits per heavy atom. The van der Waals surface area contributed by atoms with E-state index in [0.717, 1.165) is 11.1 Å². The highest BCUT2D eigenvalue weighted by Crippen LogP contribution is 2.42. The molecule has 0 aliphatic rings. The Hall–Kier alpha value is -3.22. The van der Waals surface area contributed by atoms with Gasteiger partial charge in [0.2, 0.25) is 0 Å². The van der Waals surface area contributed by atoms with Crippen LogP contribution in [-0.2, 0) is 27.8 Å². The summed E-state index contributed by atoms with van der Waals surface area (Å²) < 4.78 is 11.2. The van der Waals surface area contributed by atoms with Crippen LogP contribution >= 0.6 is 0 Å². The highest BCUT2D eigenvalue weighted by molar-refractivity contribution is 5.89. The highest BCUT2D eigenvalue weighted by Gasteiger charge is 2.32. The first-order chi connectivity index (χ1) is 16.2. The Labute approximate surface area is 207 Å². The number of ether oxygens (including phenoxy) is 2. The van der Waals surface area contributed by atoms with E-state index in [1.165, 1.54) is 0 Å². The molecule has 0 spiro atoms. The summed E-state index contributed by atoms with van der Waals surface area (Å²) in [5, 5.41) is 20.5. The third kappa shape index (κ3) is 6.90. The van der Waals surface area contributed by atoms with Gasteiger partial charge >= 0.3 is 11.9 Å². The third-order valence-electron chi connectivity index (χ3n) is 5.71. The van der Waals surface area contributed by atoms with E-state index in [1.807, 2.05) is 26.0 Å². The summed E-state index contributed by atoms with van der Waals surface area (Å²) in [6, 6.07) is 10.8. The largest absolute Gasteiger partial charge is 0.423 e. The molecule has 35 heavy (non-hydrogen) atoms. The molecule has 2 unspecified atom stereocenters. The van der Waals surface area contributed by atoms with Gasteiger partial charge in [-0.15, -0.1) is 0 Å². The van der Waals surface area contributed by atoms with Crippen LogP contribution in [0.25, 0.3) is 0 Å². The van der Waals surface area contributed by atoms with Gasteiger partial charge in [0.05, 0.1) is 12.2 Å². The minimum Gasteiger partial charge on any atom is -0.423 e. The van der Waals surface area contributed by atoms with Gasteiger partial charge < -0.3 is 19.7 Å². The number of hydrogen-bond acceptors (Lipinski definition) is 6. The predicted molar refractivity (Wildman–Crippen MR) is 137 cm³/mol. The number of aliphatic hydroxyl groups is 2. The van der Waals surface area contributed by atoms with Gasteiger partial charge in [0, 0.05) is 40.5 Å². The minimum atomic E-state index is -0.686. The van der Waals surface area contributed by atoms with Crippen LogP contribution in [-0.4, -0.2) is 34.4 Å². The van der Waals surface area contributed by atoms with Gasteiger partial charge in [-0.25, -0.2) is 9.59 Å². The van der Waals surface area contributed by atoms with E-state index in [4.69, 9.17) is 9.47 Å². The van der Waals surface area contributed by atoms with Gasteiger partial charge in [-0.3, -0.25) is 0 Å². The molecule has 6 nitrogen and oxygen atoms in total. The zero-order chi connectivity index (χ0) is 26.5. The van der Waals surface area contributed by atoms with Crippen molar-refractivity contribution in [2.45, 2.75) is 72.0 Å². The van der Waals surface area contributed by atoms with Crippen molar-refractivity contribution in [2.24, 2.45) is 0 Å². The second-order valence-corrected chi connectivity index (χ2v) is 9.64. The van der Waals surface area contributed by atoms with Crippen LogP contribution in [0.1, 0.15) is 63.8 Å². The molecule has 2 atom stereocenters. The third-order valence-corrected chi connectivity index (χ3v) is 5.71.